The minimum atomic E-state index is 0. The van der Waals surface area contributed by atoms with E-state index in [1.807, 2.05) is 78.0 Å². The molecule has 0 aromatic heterocycles. The number of halogens is 1. The average molecular weight is 435 g/mol. The van der Waals surface area contributed by atoms with Crippen molar-refractivity contribution >= 4 is 16.9 Å². The standard InChI is InChI=1S/C27H26O3.ClH/c1-13-7-19(8-14(2)25(13)28)22-23(20-9-15(3)26(29)16(4)10-20)24(22)21-11-17(5)27(30)18(6)12-21;/h7-12,28-29H,1-6H3;1H. The van der Waals surface area contributed by atoms with Gasteiger partial charge in [-0.05, 0) is 134 Å². The van der Waals surface area contributed by atoms with Crippen LogP contribution in [0, 0.1) is 27.7 Å². The zero-order valence-corrected chi connectivity index (χ0v) is 19.4. The first-order valence-electron chi connectivity index (χ1n) is 10.1. The Balaban J connectivity index is 0.00000272. The fourth-order valence-corrected chi connectivity index (χ4v) is 4.35. The average Bonchev–Trinajstić information content (AvgIpc) is 3.43. The molecular formula is C27H27ClO3. The number of benzene rings is 2. The Hall–Kier alpha value is -3.04. The Labute approximate surface area is 189 Å². The first kappa shape index (κ1) is 22.6. The second kappa shape index (κ2) is 7.90. The van der Waals surface area contributed by atoms with Gasteiger partial charge in [0.05, 0.1) is 11.1 Å². The summed E-state index contributed by atoms with van der Waals surface area (Å²) in [6.45, 7) is 11.5. The quantitative estimate of drug-likeness (QED) is 0.714. The van der Waals surface area contributed by atoms with Gasteiger partial charge in [0.2, 0.25) is 0 Å². The van der Waals surface area contributed by atoms with Crippen molar-refractivity contribution < 1.29 is 27.4 Å². The molecule has 0 heterocycles. The van der Waals surface area contributed by atoms with Crippen LogP contribution < -0.4 is 12.4 Å². The largest absolute Gasteiger partial charge is 1.00 e. The molecule has 2 aliphatic rings. The predicted molar refractivity (Wildman–Crippen MR) is 123 cm³/mol. The summed E-state index contributed by atoms with van der Waals surface area (Å²) in [6.07, 6.45) is 4.04. The topological polar surface area (TPSA) is 61.9 Å². The normalized spacial score (nSPS) is 15.6. The van der Waals surface area contributed by atoms with Crippen LogP contribution in [-0.2, 0) is 0 Å². The number of rotatable bonds is 2. The van der Waals surface area contributed by atoms with E-state index in [4.69, 9.17) is 0 Å². The Morgan fingerprint density at radius 1 is 0.581 bits per heavy atom. The highest BCUT2D eigenvalue weighted by atomic mass is 35.5. The molecule has 2 aliphatic carbocycles. The van der Waals surface area contributed by atoms with Crippen molar-refractivity contribution in [1.82, 2.24) is 0 Å². The molecule has 0 amide bonds. The van der Waals surface area contributed by atoms with Gasteiger partial charge < -0.3 is 22.6 Å². The van der Waals surface area contributed by atoms with Crippen molar-refractivity contribution in [1.29, 1.82) is 0 Å². The van der Waals surface area contributed by atoms with Crippen LogP contribution >= 0.6 is 0 Å². The van der Waals surface area contributed by atoms with E-state index in [1.54, 1.807) is 0 Å². The molecule has 2 aromatic carbocycles. The number of ketones is 1. The molecule has 0 unspecified atom stereocenters. The van der Waals surface area contributed by atoms with Crippen molar-refractivity contribution in [3.05, 3.63) is 92.1 Å². The fourth-order valence-electron chi connectivity index (χ4n) is 4.35. The lowest BCUT2D eigenvalue weighted by Gasteiger charge is -2.08. The lowest BCUT2D eigenvalue weighted by atomic mass is 9.93. The van der Waals surface area contributed by atoms with E-state index < -0.39 is 0 Å². The highest BCUT2D eigenvalue weighted by Crippen LogP contribution is 2.56. The first-order chi connectivity index (χ1) is 14.1. The molecule has 4 heteroatoms. The molecule has 0 radical (unpaired) electrons. The number of carbonyl (C=O) groups excluding carboxylic acids is 1. The van der Waals surface area contributed by atoms with Gasteiger partial charge in [0.25, 0.3) is 0 Å². The number of hydrogen-bond acceptors (Lipinski definition) is 2. The van der Waals surface area contributed by atoms with Crippen LogP contribution in [0.15, 0.2) is 58.7 Å². The molecule has 0 fully saturated rings. The smallest absolute Gasteiger partial charge is 0.345 e. The van der Waals surface area contributed by atoms with Gasteiger partial charge in [0.1, 0.15) is 11.5 Å². The molecule has 3 nitrogen and oxygen atoms in total. The molecule has 0 saturated carbocycles. The summed E-state index contributed by atoms with van der Waals surface area (Å²) in [6, 6.07) is 8.08. The molecule has 0 aliphatic heterocycles. The summed E-state index contributed by atoms with van der Waals surface area (Å²) in [7, 11) is 0. The summed E-state index contributed by atoms with van der Waals surface area (Å²) >= 11 is 0. The van der Waals surface area contributed by atoms with E-state index in [-0.39, 0.29) is 12.4 Å². The van der Waals surface area contributed by atoms with Crippen molar-refractivity contribution in [3.63, 3.8) is 0 Å². The van der Waals surface area contributed by atoms with Gasteiger partial charge in [-0.15, -0.1) is 0 Å². The van der Waals surface area contributed by atoms with E-state index in [0.717, 1.165) is 66.8 Å². The van der Waals surface area contributed by atoms with Gasteiger partial charge in [-0.2, -0.15) is 0 Å². The molecule has 31 heavy (non-hydrogen) atoms. The predicted octanol–water partition coefficient (Wildman–Crippen LogP) is 3.01. The second-order valence-electron chi connectivity index (χ2n) is 8.50. The maximum Gasteiger partial charge on any atom is 0.345 e. The first-order valence-corrected chi connectivity index (χ1v) is 10.1. The van der Waals surface area contributed by atoms with Crippen LogP contribution in [0.4, 0.5) is 0 Å². The van der Waals surface area contributed by atoms with Gasteiger partial charge in [0.15, 0.2) is 0 Å². The number of allylic oxidation sites excluding steroid dienone is 8. The van der Waals surface area contributed by atoms with Crippen LogP contribution in [0.5, 0.6) is 11.5 Å². The number of phenols is 2. The Kier molecular flexibility index (Phi) is 5.77. The molecule has 4 rings (SSSR count). The van der Waals surface area contributed by atoms with Gasteiger partial charge in [-0.1, -0.05) is 0 Å². The summed E-state index contributed by atoms with van der Waals surface area (Å²) in [5.74, 6) is 0.988. The number of aromatic hydroxyl groups is 2. The minimum Gasteiger partial charge on any atom is -1.00 e. The van der Waals surface area contributed by atoms with E-state index in [1.165, 1.54) is 0 Å². The maximum atomic E-state index is 10.2. The SMILES string of the molecule is CC1=CC(=C2C(c3cc(C)c(O)c(C)c3)=C2c2cc(C)c(O)c(C)c2)C=C(C)C1=[OH+].[Cl-]. The van der Waals surface area contributed by atoms with E-state index in [0.29, 0.717) is 17.3 Å². The number of hydrogen-bond donors (Lipinski definition) is 2. The van der Waals surface area contributed by atoms with Crippen molar-refractivity contribution in [2.24, 2.45) is 0 Å². The van der Waals surface area contributed by atoms with Crippen LogP contribution in [-0.4, -0.2) is 20.8 Å². The van der Waals surface area contributed by atoms with Crippen LogP contribution in [0.1, 0.15) is 47.2 Å². The van der Waals surface area contributed by atoms with E-state index in [2.05, 4.69) is 0 Å². The maximum absolute atomic E-state index is 10.2. The lowest BCUT2D eigenvalue weighted by molar-refractivity contribution is -0.00000887. The zero-order chi connectivity index (χ0) is 21.9. The Morgan fingerprint density at radius 3 is 1.23 bits per heavy atom. The van der Waals surface area contributed by atoms with Gasteiger partial charge in [-0.25, -0.2) is 0 Å². The Morgan fingerprint density at radius 2 is 0.903 bits per heavy atom. The van der Waals surface area contributed by atoms with Crippen LogP contribution in [0.25, 0.3) is 11.1 Å². The second-order valence-corrected chi connectivity index (χ2v) is 8.50. The third kappa shape index (κ3) is 3.75. The highest BCUT2D eigenvalue weighted by molar-refractivity contribution is 6.27. The number of aryl methyl sites for hydroxylation is 4. The molecule has 0 atom stereocenters. The zero-order valence-electron chi connectivity index (χ0n) is 18.7. The van der Waals surface area contributed by atoms with Gasteiger partial charge >= 0.3 is 5.78 Å². The third-order valence-electron chi connectivity index (χ3n) is 6.03. The van der Waals surface area contributed by atoms with Crippen LogP contribution in [0.3, 0.4) is 0 Å². The fraction of sp³-hybridized carbons (Fsp3) is 0.222. The molecule has 0 bridgehead atoms. The van der Waals surface area contributed by atoms with Crippen molar-refractivity contribution in [2.75, 3.05) is 0 Å². The van der Waals surface area contributed by atoms with Gasteiger partial charge in [-0.3, -0.25) is 4.79 Å². The molecule has 3 N–H and O–H groups in total. The van der Waals surface area contributed by atoms with E-state index >= 15 is 0 Å². The molecule has 0 saturated heterocycles. The summed E-state index contributed by atoms with van der Waals surface area (Å²) in [5.41, 5.74) is 11.7. The third-order valence-corrected chi connectivity index (χ3v) is 6.03. The summed E-state index contributed by atoms with van der Waals surface area (Å²) < 4.78 is 0. The molecule has 160 valence electrons. The van der Waals surface area contributed by atoms with Crippen molar-refractivity contribution in [3.8, 4) is 11.5 Å². The highest BCUT2D eigenvalue weighted by Gasteiger charge is 2.36. The minimum absolute atomic E-state index is 0. The molecule has 2 aromatic rings. The summed E-state index contributed by atoms with van der Waals surface area (Å²) in [4.78, 5) is 10.2. The number of phenolic OH excluding ortho intramolecular Hbond substituents is 2. The molecule has 0 spiro atoms. The van der Waals surface area contributed by atoms with Gasteiger partial charge in [0, 0.05) is 0 Å². The van der Waals surface area contributed by atoms with Crippen molar-refractivity contribution in [2.45, 2.75) is 41.5 Å². The lowest BCUT2D eigenvalue weighted by Crippen LogP contribution is -3.00. The Bertz CT molecular complexity index is 1130. The molecular weight excluding hydrogens is 408 g/mol. The monoisotopic (exact) mass is 434 g/mol. The van der Waals surface area contributed by atoms with Crippen LogP contribution in [0.2, 0.25) is 0 Å². The van der Waals surface area contributed by atoms with E-state index in [9.17, 15) is 15.0 Å². The summed E-state index contributed by atoms with van der Waals surface area (Å²) in [5, 5.41) is 20.5.